The van der Waals surface area contributed by atoms with Crippen LogP contribution >= 0.6 is 0 Å². The van der Waals surface area contributed by atoms with E-state index in [0.29, 0.717) is 51.9 Å². The van der Waals surface area contributed by atoms with Gasteiger partial charge >= 0.3 is 18.2 Å². The van der Waals surface area contributed by atoms with Gasteiger partial charge in [-0.15, -0.1) is 0 Å². The summed E-state index contributed by atoms with van der Waals surface area (Å²) in [5.41, 5.74) is -0.985. The fourth-order valence-electron chi connectivity index (χ4n) is 3.62. The molecular formula is C24H43N3O8. The van der Waals surface area contributed by atoms with Crippen LogP contribution in [0.2, 0.25) is 0 Å². The van der Waals surface area contributed by atoms with Crippen LogP contribution in [-0.2, 0) is 23.9 Å². The number of carbonyl (C=O) groups is 4. The van der Waals surface area contributed by atoms with Gasteiger partial charge in [0.15, 0.2) is 0 Å². The Morgan fingerprint density at radius 3 is 1.37 bits per heavy atom. The molecule has 202 valence electrons. The Kier molecular flexibility index (Phi) is 11.3. The first-order chi connectivity index (χ1) is 16.0. The molecule has 2 aliphatic heterocycles. The molecular weight excluding hydrogens is 458 g/mol. The number of piperidine rings is 2. The molecule has 35 heavy (non-hydrogen) atoms. The predicted molar refractivity (Wildman–Crippen MR) is 128 cm³/mol. The van der Waals surface area contributed by atoms with E-state index in [9.17, 15) is 19.2 Å². The van der Waals surface area contributed by atoms with Gasteiger partial charge < -0.3 is 24.4 Å². The van der Waals surface area contributed by atoms with E-state index in [4.69, 9.17) is 19.4 Å². The second-order valence-corrected chi connectivity index (χ2v) is 10.8. The first kappa shape index (κ1) is 30.5. The van der Waals surface area contributed by atoms with Gasteiger partial charge in [-0.2, -0.15) is 0 Å². The largest absolute Gasteiger partial charge is 0.481 e. The van der Waals surface area contributed by atoms with Crippen molar-refractivity contribution in [2.75, 3.05) is 40.3 Å². The van der Waals surface area contributed by atoms with Crippen LogP contribution in [0.4, 0.5) is 9.59 Å². The van der Waals surface area contributed by atoms with Gasteiger partial charge in [0.2, 0.25) is 5.91 Å². The highest BCUT2D eigenvalue weighted by molar-refractivity contribution is 5.78. The van der Waals surface area contributed by atoms with Crippen LogP contribution in [0.15, 0.2) is 0 Å². The van der Waals surface area contributed by atoms with Gasteiger partial charge in [-0.3, -0.25) is 14.4 Å². The number of aliphatic carboxylic acids is 1. The molecule has 0 aliphatic carbocycles. The van der Waals surface area contributed by atoms with Crippen molar-refractivity contribution in [1.82, 2.24) is 14.9 Å². The average molecular weight is 502 g/mol. The number of carboxylic acid groups (broad SMARTS) is 1. The summed E-state index contributed by atoms with van der Waals surface area (Å²) in [4.78, 5) is 54.2. The zero-order chi connectivity index (χ0) is 27.0. The van der Waals surface area contributed by atoms with Crippen LogP contribution in [0.5, 0.6) is 0 Å². The minimum atomic E-state index is -0.774. The molecule has 11 nitrogen and oxygen atoms in total. The van der Waals surface area contributed by atoms with Crippen molar-refractivity contribution in [3.05, 3.63) is 0 Å². The number of rotatable bonds is 3. The molecule has 2 heterocycles. The lowest BCUT2D eigenvalue weighted by Gasteiger charge is -2.33. The van der Waals surface area contributed by atoms with Crippen LogP contribution in [0.1, 0.15) is 67.2 Å². The van der Waals surface area contributed by atoms with Gasteiger partial charge in [0, 0.05) is 39.1 Å². The van der Waals surface area contributed by atoms with Crippen molar-refractivity contribution in [3.8, 4) is 0 Å². The van der Waals surface area contributed by atoms with Gasteiger partial charge in [0.25, 0.3) is 0 Å². The number of carboxylic acids is 1. The quantitative estimate of drug-likeness (QED) is 0.584. The number of hydrogen-bond acceptors (Lipinski definition) is 7. The molecule has 2 fully saturated rings. The van der Waals surface area contributed by atoms with E-state index in [0.717, 1.165) is 0 Å². The Morgan fingerprint density at radius 2 is 1.09 bits per heavy atom. The molecule has 3 amide bonds. The van der Waals surface area contributed by atoms with Crippen molar-refractivity contribution in [1.29, 1.82) is 0 Å². The zero-order valence-electron chi connectivity index (χ0n) is 22.5. The Bertz CT molecular complexity index is 728. The Balaban J connectivity index is 0.000000355. The summed E-state index contributed by atoms with van der Waals surface area (Å²) in [6, 6.07) is 0. The molecule has 11 heteroatoms. The average Bonchev–Trinajstić information content (AvgIpc) is 2.76. The smallest absolute Gasteiger partial charge is 0.410 e. The maximum atomic E-state index is 11.9. The van der Waals surface area contributed by atoms with Crippen molar-refractivity contribution in [2.45, 2.75) is 78.4 Å². The van der Waals surface area contributed by atoms with E-state index in [1.807, 2.05) is 41.5 Å². The molecule has 0 aromatic carbocycles. The zero-order valence-corrected chi connectivity index (χ0v) is 22.5. The molecule has 0 aromatic rings. The molecule has 0 spiro atoms. The van der Waals surface area contributed by atoms with Gasteiger partial charge in [-0.05, 0) is 67.2 Å². The van der Waals surface area contributed by atoms with Crippen molar-refractivity contribution in [2.24, 2.45) is 11.8 Å². The van der Waals surface area contributed by atoms with Gasteiger partial charge in [0.1, 0.15) is 11.2 Å². The minimum Gasteiger partial charge on any atom is -0.481 e. The Labute approximate surface area is 208 Å². The number of ether oxygens (including phenoxy) is 2. The number of likely N-dealkylation sites (tertiary alicyclic amines) is 2. The molecule has 2 aliphatic rings. The molecule has 2 saturated heterocycles. The molecule has 2 rings (SSSR count). The summed E-state index contributed by atoms with van der Waals surface area (Å²) in [6.07, 6.45) is 1.65. The van der Waals surface area contributed by atoms with Gasteiger partial charge in [-0.25, -0.2) is 14.7 Å². The summed E-state index contributed by atoms with van der Waals surface area (Å²) in [5.74, 6) is -1.21. The molecule has 0 unspecified atom stereocenters. The first-order valence-corrected chi connectivity index (χ1v) is 12.0. The molecule has 0 aromatic heterocycles. The predicted octanol–water partition coefficient (Wildman–Crippen LogP) is 3.37. The molecule has 0 radical (unpaired) electrons. The standard InChI is InChI=1S/C13H24N2O4.C11H19NO4/c1-13(2,3)19-12(17)15-8-6-10(7-9-15)11(16)14(4)18-5;1-11(2,3)16-10(15)12-6-4-8(5-7-12)9(13)14/h10H,6-9H2,1-5H3;8H,4-7H2,1-3H3,(H,13,14). The lowest BCUT2D eigenvalue weighted by Crippen LogP contribution is -2.45. The monoisotopic (exact) mass is 501 g/mol. The van der Waals surface area contributed by atoms with Crippen molar-refractivity contribution < 1.29 is 38.6 Å². The lowest BCUT2D eigenvalue weighted by molar-refractivity contribution is -0.174. The van der Waals surface area contributed by atoms with Gasteiger partial charge in [-0.1, -0.05) is 0 Å². The molecule has 0 atom stereocenters. The fraction of sp³-hybridized carbons (Fsp3) is 0.833. The topological polar surface area (TPSA) is 126 Å². The van der Waals surface area contributed by atoms with Crippen LogP contribution in [0.3, 0.4) is 0 Å². The molecule has 1 N–H and O–H groups in total. The molecule has 0 saturated carbocycles. The number of hydroxylamine groups is 2. The summed E-state index contributed by atoms with van der Waals surface area (Å²) < 4.78 is 10.5. The highest BCUT2D eigenvalue weighted by Crippen LogP contribution is 2.22. The second-order valence-electron chi connectivity index (χ2n) is 10.8. The lowest BCUT2D eigenvalue weighted by atomic mass is 9.96. The third-order valence-corrected chi connectivity index (χ3v) is 5.58. The van der Waals surface area contributed by atoms with E-state index < -0.39 is 17.2 Å². The normalized spacial score (nSPS) is 17.7. The van der Waals surface area contributed by atoms with Crippen LogP contribution in [0.25, 0.3) is 0 Å². The van der Waals surface area contributed by atoms with Crippen LogP contribution in [-0.4, -0.2) is 95.6 Å². The highest BCUT2D eigenvalue weighted by Gasteiger charge is 2.32. The summed E-state index contributed by atoms with van der Waals surface area (Å²) >= 11 is 0. The molecule has 0 bridgehead atoms. The van der Waals surface area contributed by atoms with E-state index in [2.05, 4.69) is 0 Å². The van der Waals surface area contributed by atoms with Crippen molar-refractivity contribution in [3.63, 3.8) is 0 Å². The summed E-state index contributed by atoms with van der Waals surface area (Å²) in [5, 5.41) is 10.1. The summed E-state index contributed by atoms with van der Waals surface area (Å²) in [6.45, 7) is 13.0. The van der Waals surface area contributed by atoms with Crippen molar-refractivity contribution >= 4 is 24.1 Å². The van der Waals surface area contributed by atoms with E-state index >= 15 is 0 Å². The Hall–Kier alpha value is -2.56. The third-order valence-electron chi connectivity index (χ3n) is 5.58. The van der Waals surface area contributed by atoms with E-state index in [1.165, 1.54) is 12.2 Å². The van der Waals surface area contributed by atoms with Crippen LogP contribution in [0, 0.1) is 11.8 Å². The fourth-order valence-corrected chi connectivity index (χ4v) is 3.62. The first-order valence-electron chi connectivity index (χ1n) is 12.0. The van der Waals surface area contributed by atoms with E-state index in [1.54, 1.807) is 16.8 Å². The van der Waals surface area contributed by atoms with E-state index in [-0.39, 0.29) is 29.9 Å². The third kappa shape index (κ3) is 11.1. The highest BCUT2D eigenvalue weighted by atomic mass is 16.7. The number of nitrogens with zero attached hydrogens (tertiary/aromatic N) is 3. The summed E-state index contributed by atoms with van der Waals surface area (Å²) in [7, 11) is 3.07. The maximum absolute atomic E-state index is 11.9. The second kappa shape index (κ2) is 12.9. The number of hydrogen-bond donors (Lipinski definition) is 1. The number of carbonyl (C=O) groups excluding carboxylic acids is 3. The SMILES string of the molecule is CC(C)(C)OC(=O)N1CCC(C(=O)O)CC1.CON(C)C(=O)C1CCN(C(=O)OC(C)(C)C)CC1. The minimum absolute atomic E-state index is 0.0358. The van der Waals surface area contributed by atoms with Gasteiger partial charge in [0.05, 0.1) is 13.0 Å². The Morgan fingerprint density at radius 1 is 0.743 bits per heavy atom. The number of amides is 3. The van der Waals surface area contributed by atoms with Crippen LogP contribution < -0.4 is 0 Å². The maximum Gasteiger partial charge on any atom is 0.410 e.